The number of carbonyl (C=O) groups is 1. The molecule has 28 heavy (non-hydrogen) atoms. The van der Waals surface area contributed by atoms with Gasteiger partial charge in [-0.15, -0.1) is 0 Å². The number of aromatic carboxylic acids is 1. The van der Waals surface area contributed by atoms with Crippen LogP contribution < -0.4 is 5.32 Å². The highest BCUT2D eigenvalue weighted by atomic mass is 16.4. The Morgan fingerprint density at radius 1 is 1.07 bits per heavy atom. The van der Waals surface area contributed by atoms with Crippen molar-refractivity contribution in [1.82, 2.24) is 14.8 Å². The molecule has 0 unspecified atom stereocenters. The van der Waals surface area contributed by atoms with Crippen LogP contribution in [0.15, 0.2) is 36.4 Å². The van der Waals surface area contributed by atoms with E-state index in [9.17, 15) is 9.90 Å². The van der Waals surface area contributed by atoms with E-state index in [1.165, 1.54) is 0 Å². The SMILES string of the molecule is Cc1ccc(C(=O)O)c(Nc2cc(C(C)(C)C)nn2-c2c(C)cccc2C)n1. The van der Waals surface area contributed by atoms with Gasteiger partial charge in [0, 0.05) is 17.2 Å². The molecular formula is C22H26N4O2. The molecule has 0 fully saturated rings. The maximum Gasteiger partial charge on any atom is 0.339 e. The summed E-state index contributed by atoms with van der Waals surface area (Å²) in [6, 6.07) is 11.3. The zero-order valence-corrected chi connectivity index (χ0v) is 17.2. The van der Waals surface area contributed by atoms with E-state index in [1.54, 1.807) is 12.1 Å². The maximum absolute atomic E-state index is 11.6. The fourth-order valence-electron chi connectivity index (χ4n) is 3.09. The van der Waals surface area contributed by atoms with Crippen molar-refractivity contribution < 1.29 is 9.90 Å². The maximum atomic E-state index is 11.6. The molecule has 6 heteroatoms. The highest BCUT2D eigenvalue weighted by molar-refractivity contribution is 5.94. The largest absolute Gasteiger partial charge is 0.478 e. The Labute approximate surface area is 165 Å². The second-order valence-electron chi connectivity index (χ2n) is 8.10. The Kier molecular flexibility index (Phi) is 4.98. The smallest absolute Gasteiger partial charge is 0.339 e. The molecule has 1 aromatic carbocycles. The van der Waals surface area contributed by atoms with E-state index in [4.69, 9.17) is 5.10 Å². The molecule has 6 nitrogen and oxygen atoms in total. The molecule has 0 amide bonds. The Balaban J connectivity index is 2.20. The van der Waals surface area contributed by atoms with Crippen molar-refractivity contribution in [1.29, 1.82) is 0 Å². The molecule has 0 spiro atoms. The predicted octanol–water partition coefficient (Wildman–Crippen LogP) is 4.93. The van der Waals surface area contributed by atoms with Crippen molar-refractivity contribution in [2.24, 2.45) is 0 Å². The molecule has 146 valence electrons. The van der Waals surface area contributed by atoms with Gasteiger partial charge in [0.1, 0.15) is 17.2 Å². The summed E-state index contributed by atoms with van der Waals surface area (Å²) in [5, 5.41) is 17.6. The second kappa shape index (κ2) is 7.11. The Morgan fingerprint density at radius 3 is 2.29 bits per heavy atom. The fraction of sp³-hybridized carbons (Fsp3) is 0.318. The molecule has 2 N–H and O–H groups in total. The lowest BCUT2D eigenvalue weighted by molar-refractivity contribution is 0.0697. The quantitative estimate of drug-likeness (QED) is 0.673. The number of carboxylic acid groups (broad SMARTS) is 1. The number of rotatable bonds is 4. The number of hydrogen-bond donors (Lipinski definition) is 2. The average molecular weight is 378 g/mol. The van der Waals surface area contributed by atoms with Crippen LogP contribution in [-0.2, 0) is 5.41 Å². The van der Waals surface area contributed by atoms with Gasteiger partial charge in [-0.3, -0.25) is 0 Å². The lowest BCUT2D eigenvalue weighted by Crippen LogP contribution is -2.13. The number of nitrogens with zero attached hydrogens (tertiary/aromatic N) is 3. The fourth-order valence-corrected chi connectivity index (χ4v) is 3.09. The Hall–Kier alpha value is -3.15. The summed E-state index contributed by atoms with van der Waals surface area (Å²) in [6.45, 7) is 12.2. The topological polar surface area (TPSA) is 80.0 Å². The van der Waals surface area contributed by atoms with Crippen molar-refractivity contribution in [2.45, 2.75) is 47.0 Å². The lowest BCUT2D eigenvalue weighted by Gasteiger charge is -2.16. The number of nitrogens with one attached hydrogen (secondary N) is 1. The van der Waals surface area contributed by atoms with Crippen LogP contribution in [0.1, 0.15) is 53.6 Å². The molecule has 3 aromatic rings. The van der Waals surface area contributed by atoms with Crippen LogP contribution in [0.4, 0.5) is 11.6 Å². The third-order valence-corrected chi connectivity index (χ3v) is 4.64. The van der Waals surface area contributed by atoms with Gasteiger partial charge >= 0.3 is 5.97 Å². The van der Waals surface area contributed by atoms with E-state index >= 15 is 0 Å². The van der Waals surface area contributed by atoms with Gasteiger partial charge in [0.2, 0.25) is 0 Å². The van der Waals surface area contributed by atoms with E-state index in [-0.39, 0.29) is 11.0 Å². The van der Waals surface area contributed by atoms with E-state index in [1.807, 2.05) is 49.7 Å². The molecule has 0 aliphatic rings. The molecule has 0 atom stereocenters. The zero-order valence-electron chi connectivity index (χ0n) is 17.2. The highest BCUT2D eigenvalue weighted by Gasteiger charge is 2.23. The molecule has 0 saturated carbocycles. The van der Waals surface area contributed by atoms with Crippen molar-refractivity contribution in [2.75, 3.05) is 5.32 Å². The standard InChI is InChI=1S/C22H26N4O2/c1-13-8-7-9-14(2)19(13)26-18(12-17(25-26)22(4,5)6)24-20-16(21(27)28)11-10-15(3)23-20/h7-12H,1-6H3,(H,23,24)(H,27,28). The molecule has 0 saturated heterocycles. The van der Waals surface area contributed by atoms with Gasteiger partial charge in [-0.1, -0.05) is 39.0 Å². The summed E-state index contributed by atoms with van der Waals surface area (Å²) in [7, 11) is 0. The van der Waals surface area contributed by atoms with E-state index in [0.717, 1.165) is 28.2 Å². The van der Waals surface area contributed by atoms with Gasteiger partial charge in [0.05, 0.1) is 11.4 Å². The summed E-state index contributed by atoms with van der Waals surface area (Å²) in [6.07, 6.45) is 0. The average Bonchev–Trinajstić information content (AvgIpc) is 2.98. The number of aromatic nitrogens is 3. The number of benzene rings is 1. The van der Waals surface area contributed by atoms with Crippen molar-refractivity contribution >= 4 is 17.6 Å². The Morgan fingerprint density at radius 2 is 1.71 bits per heavy atom. The van der Waals surface area contributed by atoms with Gasteiger partial charge in [-0.25, -0.2) is 14.5 Å². The normalized spacial score (nSPS) is 11.5. The number of pyridine rings is 1. The molecule has 0 aliphatic carbocycles. The van der Waals surface area contributed by atoms with Crippen molar-refractivity contribution in [3.05, 3.63) is 64.5 Å². The van der Waals surface area contributed by atoms with Crippen molar-refractivity contribution in [3.63, 3.8) is 0 Å². The number of anilines is 2. The van der Waals surface area contributed by atoms with Gasteiger partial charge in [0.15, 0.2) is 0 Å². The van der Waals surface area contributed by atoms with Crippen LogP contribution in [0.2, 0.25) is 0 Å². The van der Waals surface area contributed by atoms with E-state index < -0.39 is 5.97 Å². The molecule has 0 radical (unpaired) electrons. The first kappa shape index (κ1) is 19.6. The minimum Gasteiger partial charge on any atom is -0.478 e. The lowest BCUT2D eigenvalue weighted by atomic mass is 9.92. The first-order valence-electron chi connectivity index (χ1n) is 9.23. The molecular weight excluding hydrogens is 352 g/mol. The second-order valence-corrected chi connectivity index (χ2v) is 8.10. The molecule has 0 bridgehead atoms. The van der Waals surface area contributed by atoms with Crippen LogP contribution in [0.3, 0.4) is 0 Å². The van der Waals surface area contributed by atoms with Crippen molar-refractivity contribution in [3.8, 4) is 5.69 Å². The molecule has 3 rings (SSSR count). The van der Waals surface area contributed by atoms with E-state index in [2.05, 4.69) is 31.1 Å². The summed E-state index contributed by atoms with van der Waals surface area (Å²) in [5.74, 6) is -0.0348. The number of para-hydroxylation sites is 1. The van der Waals surface area contributed by atoms with Gasteiger partial charge in [-0.2, -0.15) is 5.10 Å². The number of carboxylic acids is 1. The van der Waals surface area contributed by atoms with Crippen LogP contribution in [-0.4, -0.2) is 25.8 Å². The monoisotopic (exact) mass is 378 g/mol. The number of hydrogen-bond acceptors (Lipinski definition) is 4. The minimum absolute atomic E-state index is 0.122. The highest BCUT2D eigenvalue weighted by Crippen LogP contribution is 2.31. The van der Waals surface area contributed by atoms with Gasteiger partial charge in [-0.05, 0) is 44.0 Å². The van der Waals surface area contributed by atoms with Gasteiger partial charge in [0.25, 0.3) is 0 Å². The molecule has 0 aliphatic heterocycles. The Bertz CT molecular complexity index is 1020. The first-order valence-corrected chi connectivity index (χ1v) is 9.23. The van der Waals surface area contributed by atoms with Crippen LogP contribution in [0.25, 0.3) is 5.69 Å². The zero-order chi connectivity index (χ0) is 20.6. The first-order chi connectivity index (χ1) is 13.1. The van der Waals surface area contributed by atoms with E-state index in [0.29, 0.717) is 11.6 Å². The van der Waals surface area contributed by atoms with Crippen LogP contribution in [0, 0.1) is 20.8 Å². The summed E-state index contributed by atoms with van der Waals surface area (Å²) in [4.78, 5) is 16.1. The summed E-state index contributed by atoms with van der Waals surface area (Å²) < 4.78 is 1.85. The van der Waals surface area contributed by atoms with Crippen LogP contribution >= 0.6 is 0 Å². The third kappa shape index (κ3) is 3.76. The molecule has 2 heterocycles. The predicted molar refractivity (Wildman–Crippen MR) is 111 cm³/mol. The summed E-state index contributed by atoms with van der Waals surface area (Å²) >= 11 is 0. The number of aryl methyl sites for hydroxylation is 3. The third-order valence-electron chi connectivity index (χ3n) is 4.64. The van der Waals surface area contributed by atoms with Gasteiger partial charge < -0.3 is 10.4 Å². The van der Waals surface area contributed by atoms with Crippen LogP contribution in [0.5, 0.6) is 0 Å². The summed E-state index contributed by atoms with van der Waals surface area (Å²) in [5.41, 5.74) is 4.75. The minimum atomic E-state index is -1.02. The molecule has 2 aromatic heterocycles.